The summed E-state index contributed by atoms with van der Waals surface area (Å²) < 4.78 is 7.58. The second-order valence-electron chi connectivity index (χ2n) is 6.75. The number of halogens is 1. The Labute approximate surface area is 182 Å². The fourth-order valence-corrected chi connectivity index (χ4v) is 3.53. The topological polar surface area (TPSA) is 42.3 Å². The lowest BCUT2D eigenvalue weighted by atomic mass is 10.2. The van der Waals surface area contributed by atoms with E-state index in [1.54, 1.807) is 13.3 Å². The lowest BCUT2D eigenvalue weighted by Gasteiger charge is -2.27. The van der Waals surface area contributed by atoms with Gasteiger partial charge in [-0.25, -0.2) is 4.98 Å². The van der Waals surface area contributed by atoms with Gasteiger partial charge < -0.3 is 19.5 Å². The SMILES string of the molecule is COc1ccccc1CN(CCCn1ccnc1)C(=S)Nc1cccc(C)c1Cl. The van der Waals surface area contributed by atoms with Crippen molar-refractivity contribution in [3.8, 4) is 5.75 Å². The molecule has 1 heterocycles. The number of methoxy groups -OCH3 is 1. The van der Waals surface area contributed by atoms with Gasteiger partial charge in [0.15, 0.2) is 5.11 Å². The van der Waals surface area contributed by atoms with Crippen LogP contribution in [0.4, 0.5) is 5.69 Å². The van der Waals surface area contributed by atoms with Gasteiger partial charge in [-0.2, -0.15) is 0 Å². The van der Waals surface area contributed by atoms with Gasteiger partial charge in [0, 0.05) is 37.6 Å². The Morgan fingerprint density at radius 3 is 2.83 bits per heavy atom. The number of ether oxygens (including phenoxy) is 1. The van der Waals surface area contributed by atoms with Crippen LogP contribution in [0.15, 0.2) is 61.2 Å². The second-order valence-corrected chi connectivity index (χ2v) is 7.52. The predicted molar refractivity (Wildman–Crippen MR) is 123 cm³/mol. The first-order chi connectivity index (χ1) is 14.1. The summed E-state index contributed by atoms with van der Waals surface area (Å²) in [7, 11) is 1.69. The van der Waals surface area contributed by atoms with E-state index >= 15 is 0 Å². The number of hydrogen-bond donors (Lipinski definition) is 1. The molecule has 152 valence electrons. The van der Waals surface area contributed by atoms with E-state index in [0.29, 0.717) is 16.7 Å². The summed E-state index contributed by atoms with van der Waals surface area (Å²) in [6.45, 7) is 4.28. The molecule has 1 N–H and O–H groups in total. The molecule has 3 rings (SSSR count). The summed E-state index contributed by atoms with van der Waals surface area (Å²) in [5.74, 6) is 0.850. The second kappa shape index (κ2) is 10.3. The molecule has 0 amide bonds. The normalized spacial score (nSPS) is 10.6. The number of nitrogens with zero attached hydrogens (tertiary/aromatic N) is 3. The van der Waals surface area contributed by atoms with Crippen molar-refractivity contribution in [2.75, 3.05) is 19.0 Å². The molecule has 0 saturated heterocycles. The summed E-state index contributed by atoms with van der Waals surface area (Å²) in [4.78, 5) is 6.24. The fourth-order valence-electron chi connectivity index (χ4n) is 3.09. The lowest BCUT2D eigenvalue weighted by Crippen LogP contribution is -2.35. The van der Waals surface area contributed by atoms with Crippen LogP contribution in [0.25, 0.3) is 0 Å². The van der Waals surface area contributed by atoms with Gasteiger partial charge in [-0.15, -0.1) is 0 Å². The third-order valence-electron chi connectivity index (χ3n) is 4.68. The molecule has 29 heavy (non-hydrogen) atoms. The van der Waals surface area contributed by atoms with Crippen LogP contribution in [0.2, 0.25) is 5.02 Å². The Morgan fingerprint density at radius 2 is 2.07 bits per heavy atom. The van der Waals surface area contributed by atoms with Crippen molar-refractivity contribution in [2.24, 2.45) is 0 Å². The van der Waals surface area contributed by atoms with Crippen molar-refractivity contribution in [1.29, 1.82) is 0 Å². The highest BCUT2D eigenvalue weighted by Crippen LogP contribution is 2.26. The van der Waals surface area contributed by atoms with Gasteiger partial charge in [0.05, 0.1) is 24.1 Å². The molecule has 5 nitrogen and oxygen atoms in total. The number of para-hydroxylation sites is 1. The maximum atomic E-state index is 6.45. The van der Waals surface area contributed by atoms with Crippen LogP contribution in [0, 0.1) is 6.92 Å². The Kier molecular flexibility index (Phi) is 7.49. The van der Waals surface area contributed by atoms with Gasteiger partial charge in [-0.1, -0.05) is 41.9 Å². The van der Waals surface area contributed by atoms with E-state index in [-0.39, 0.29) is 0 Å². The van der Waals surface area contributed by atoms with Gasteiger partial charge in [-0.05, 0) is 43.3 Å². The van der Waals surface area contributed by atoms with Gasteiger partial charge in [-0.3, -0.25) is 0 Å². The summed E-state index contributed by atoms with van der Waals surface area (Å²) >= 11 is 12.2. The molecule has 1 aromatic heterocycles. The largest absolute Gasteiger partial charge is 0.496 e. The number of aryl methyl sites for hydroxylation is 2. The highest BCUT2D eigenvalue weighted by atomic mass is 35.5. The van der Waals surface area contributed by atoms with E-state index < -0.39 is 0 Å². The Bertz CT molecular complexity index is 946. The maximum Gasteiger partial charge on any atom is 0.173 e. The monoisotopic (exact) mass is 428 g/mol. The zero-order valence-corrected chi connectivity index (χ0v) is 18.2. The molecule has 2 aromatic carbocycles. The van der Waals surface area contributed by atoms with Crippen molar-refractivity contribution < 1.29 is 4.74 Å². The number of nitrogens with one attached hydrogen (secondary N) is 1. The molecule has 3 aromatic rings. The molecule has 0 unspecified atom stereocenters. The minimum Gasteiger partial charge on any atom is -0.496 e. The zero-order valence-electron chi connectivity index (χ0n) is 16.6. The Hall–Kier alpha value is -2.57. The third-order valence-corrected chi connectivity index (χ3v) is 5.54. The molecule has 0 atom stereocenters. The summed E-state index contributed by atoms with van der Waals surface area (Å²) in [5.41, 5.74) is 2.91. The van der Waals surface area contributed by atoms with Crippen LogP contribution in [-0.4, -0.2) is 33.2 Å². The van der Waals surface area contributed by atoms with Crippen LogP contribution in [0.3, 0.4) is 0 Å². The van der Waals surface area contributed by atoms with Gasteiger partial charge in [0.1, 0.15) is 5.75 Å². The molecule has 0 aliphatic heterocycles. The molecule has 0 saturated carbocycles. The van der Waals surface area contributed by atoms with Crippen LogP contribution in [0.1, 0.15) is 17.5 Å². The molecule has 0 radical (unpaired) electrons. The number of thiocarbonyl (C=S) groups is 1. The standard InChI is InChI=1S/C22H25ClN4OS/c1-17-7-5-9-19(21(17)23)25-22(29)27(13-6-12-26-14-11-24-16-26)15-18-8-3-4-10-20(18)28-2/h3-5,7-11,14,16H,6,12-13,15H2,1-2H3,(H,25,29). The van der Waals surface area contributed by atoms with Crippen molar-refractivity contribution in [3.63, 3.8) is 0 Å². The molecule has 7 heteroatoms. The maximum absolute atomic E-state index is 6.45. The van der Waals surface area contributed by atoms with Crippen LogP contribution in [0.5, 0.6) is 5.75 Å². The summed E-state index contributed by atoms with van der Waals surface area (Å²) in [5, 5.41) is 4.64. The van der Waals surface area contributed by atoms with E-state index in [1.165, 1.54) is 0 Å². The van der Waals surface area contributed by atoms with Crippen molar-refractivity contribution >= 4 is 34.6 Å². The number of benzene rings is 2. The van der Waals surface area contributed by atoms with Crippen LogP contribution in [-0.2, 0) is 13.1 Å². The summed E-state index contributed by atoms with van der Waals surface area (Å²) in [6, 6.07) is 13.9. The van der Waals surface area contributed by atoms with Crippen LogP contribution >= 0.6 is 23.8 Å². The average Bonchev–Trinajstić information content (AvgIpc) is 3.24. The molecule has 0 fully saturated rings. The molecule has 0 spiro atoms. The zero-order chi connectivity index (χ0) is 20.6. The van der Waals surface area contributed by atoms with Crippen LogP contribution < -0.4 is 10.1 Å². The Balaban J connectivity index is 1.75. The molecule has 0 bridgehead atoms. The highest BCUT2D eigenvalue weighted by Gasteiger charge is 2.15. The molecule has 0 aliphatic carbocycles. The van der Waals surface area contributed by atoms with E-state index in [2.05, 4.69) is 25.8 Å². The van der Waals surface area contributed by atoms with Crippen molar-refractivity contribution in [2.45, 2.75) is 26.4 Å². The fraction of sp³-hybridized carbons (Fsp3) is 0.273. The van der Waals surface area contributed by atoms with Gasteiger partial charge >= 0.3 is 0 Å². The van der Waals surface area contributed by atoms with Crippen molar-refractivity contribution in [1.82, 2.24) is 14.5 Å². The average molecular weight is 429 g/mol. The highest BCUT2D eigenvalue weighted by molar-refractivity contribution is 7.80. The number of hydrogen-bond acceptors (Lipinski definition) is 3. The van der Waals surface area contributed by atoms with E-state index in [9.17, 15) is 0 Å². The third kappa shape index (κ3) is 5.71. The van der Waals surface area contributed by atoms with Gasteiger partial charge in [0.25, 0.3) is 0 Å². The quantitative estimate of drug-likeness (QED) is 0.503. The summed E-state index contributed by atoms with van der Waals surface area (Å²) in [6.07, 6.45) is 6.51. The minimum atomic E-state index is 0.633. The van der Waals surface area contributed by atoms with Gasteiger partial charge in [0.2, 0.25) is 0 Å². The lowest BCUT2D eigenvalue weighted by molar-refractivity contribution is 0.372. The predicted octanol–water partition coefficient (Wildman–Crippen LogP) is 5.14. The minimum absolute atomic E-state index is 0.633. The first-order valence-electron chi connectivity index (χ1n) is 9.47. The number of rotatable bonds is 8. The van der Waals surface area contributed by atoms with E-state index in [1.807, 2.05) is 55.8 Å². The van der Waals surface area contributed by atoms with E-state index in [0.717, 1.165) is 42.1 Å². The first-order valence-corrected chi connectivity index (χ1v) is 10.3. The molecular weight excluding hydrogens is 404 g/mol. The smallest absolute Gasteiger partial charge is 0.173 e. The molecule has 0 aliphatic rings. The number of aromatic nitrogens is 2. The number of imidazole rings is 1. The Morgan fingerprint density at radius 1 is 1.24 bits per heavy atom. The van der Waals surface area contributed by atoms with Crippen molar-refractivity contribution in [3.05, 3.63) is 77.3 Å². The number of anilines is 1. The molecular formula is C22H25ClN4OS. The van der Waals surface area contributed by atoms with E-state index in [4.69, 9.17) is 28.6 Å². The first kappa shape index (κ1) is 21.1.